The van der Waals surface area contributed by atoms with E-state index in [0.29, 0.717) is 19.3 Å². The van der Waals surface area contributed by atoms with Crippen LogP contribution in [0, 0.1) is 0 Å². The van der Waals surface area contributed by atoms with Gasteiger partial charge in [-0.1, -0.05) is 300 Å². The summed E-state index contributed by atoms with van der Waals surface area (Å²) in [5, 5.41) is 0. The minimum atomic E-state index is -0.771. The largest absolute Gasteiger partial charge is 0.462 e. The first-order valence-corrected chi connectivity index (χ1v) is 31.3. The molecule has 0 aliphatic carbocycles. The molecular weight excluding hydrogens is 889 g/mol. The van der Waals surface area contributed by atoms with Gasteiger partial charge in [-0.3, -0.25) is 14.4 Å². The van der Waals surface area contributed by atoms with Crippen molar-refractivity contribution >= 4 is 17.9 Å². The van der Waals surface area contributed by atoms with E-state index in [1.54, 1.807) is 0 Å². The lowest BCUT2D eigenvalue weighted by Gasteiger charge is -2.18. The van der Waals surface area contributed by atoms with Gasteiger partial charge in [0.1, 0.15) is 13.2 Å². The zero-order valence-corrected chi connectivity index (χ0v) is 47.9. The molecule has 1 atom stereocenters. The van der Waals surface area contributed by atoms with Gasteiger partial charge in [-0.15, -0.1) is 0 Å². The Kier molecular flexibility index (Phi) is 58.2. The number of hydrogen-bond donors (Lipinski definition) is 0. The van der Waals surface area contributed by atoms with E-state index >= 15 is 0 Å². The number of carbonyl (C=O) groups is 3. The van der Waals surface area contributed by atoms with Gasteiger partial charge in [-0.25, -0.2) is 0 Å². The molecule has 0 amide bonds. The van der Waals surface area contributed by atoms with Crippen molar-refractivity contribution in [2.45, 2.75) is 329 Å². The Morgan fingerprint density at radius 2 is 0.542 bits per heavy atom. The fraction of sp³-hybridized carbons (Fsp3) is 0.803. The predicted molar refractivity (Wildman–Crippen MR) is 312 cm³/mol. The van der Waals surface area contributed by atoms with Gasteiger partial charge in [0.2, 0.25) is 0 Å². The fourth-order valence-electron chi connectivity index (χ4n) is 9.12. The molecule has 0 N–H and O–H groups in total. The van der Waals surface area contributed by atoms with Crippen LogP contribution in [0.2, 0.25) is 0 Å². The Labute approximate surface area is 447 Å². The molecule has 418 valence electrons. The molecule has 6 heteroatoms. The molecule has 1 unspecified atom stereocenters. The van der Waals surface area contributed by atoms with E-state index in [1.165, 1.54) is 193 Å². The second kappa shape index (κ2) is 60.7. The molecule has 6 nitrogen and oxygen atoms in total. The molecule has 0 bridgehead atoms. The molecule has 0 rings (SSSR count). The summed E-state index contributed by atoms with van der Waals surface area (Å²) in [6, 6.07) is 0. The maximum Gasteiger partial charge on any atom is 0.306 e. The van der Waals surface area contributed by atoms with E-state index in [9.17, 15) is 14.4 Å². The summed E-state index contributed by atoms with van der Waals surface area (Å²) in [5.74, 6) is -0.854. The highest BCUT2D eigenvalue weighted by Gasteiger charge is 2.19. The van der Waals surface area contributed by atoms with Crippen LogP contribution >= 0.6 is 0 Å². The van der Waals surface area contributed by atoms with Crippen molar-refractivity contribution in [1.82, 2.24) is 0 Å². The molecule has 0 heterocycles. The Morgan fingerprint density at radius 3 is 0.847 bits per heavy atom. The van der Waals surface area contributed by atoms with E-state index < -0.39 is 6.10 Å². The van der Waals surface area contributed by atoms with Gasteiger partial charge < -0.3 is 14.2 Å². The van der Waals surface area contributed by atoms with Gasteiger partial charge in [-0.05, 0) is 64.2 Å². The Hall–Kier alpha value is -2.89. The lowest BCUT2D eigenvalue weighted by atomic mass is 10.0. The first-order valence-electron chi connectivity index (χ1n) is 31.3. The van der Waals surface area contributed by atoms with Crippen LogP contribution in [-0.2, 0) is 28.6 Å². The first kappa shape index (κ1) is 69.1. The van der Waals surface area contributed by atoms with E-state index in [4.69, 9.17) is 14.2 Å². The summed E-state index contributed by atoms with van der Waals surface area (Å²) in [4.78, 5) is 38.2. The van der Waals surface area contributed by atoms with Crippen LogP contribution in [0.3, 0.4) is 0 Å². The number of rotatable bonds is 57. The third kappa shape index (κ3) is 58.0. The van der Waals surface area contributed by atoms with Crippen LogP contribution < -0.4 is 0 Å². The normalized spacial score (nSPS) is 12.4. The maximum absolute atomic E-state index is 12.9. The monoisotopic (exact) mass is 1010 g/mol. The lowest BCUT2D eigenvalue weighted by Crippen LogP contribution is -2.30. The van der Waals surface area contributed by atoms with Gasteiger partial charge in [0.05, 0.1) is 0 Å². The third-order valence-electron chi connectivity index (χ3n) is 13.8. The van der Waals surface area contributed by atoms with Gasteiger partial charge in [0.25, 0.3) is 0 Å². The zero-order chi connectivity index (χ0) is 52.2. The van der Waals surface area contributed by atoms with Gasteiger partial charge in [0.15, 0.2) is 6.10 Å². The molecule has 0 aliphatic heterocycles. The van der Waals surface area contributed by atoms with Crippen molar-refractivity contribution in [3.05, 3.63) is 60.8 Å². The van der Waals surface area contributed by atoms with Crippen molar-refractivity contribution in [3.63, 3.8) is 0 Å². The summed E-state index contributed by atoms with van der Waals surface area (Å²) in [6.07, 6.45) is 76.5. The molecular formula is C66H118O6. The van der Waals surface area contributed by atoms with Gasteiger partial charge >= 0.3 is 17.9 Å². The van der Waals surface area contributed by atoms with Gasteiger partial charge in [-0.2, -0.15) is 0 Å². The summed E-state index contributed by atoms with van der Waals surface area (Å²) < 4.78 is 16.9. The molecule has 0 radical (unpaired) electrons. The third-order valence-corrected chi connectivity index (χ3v) is 13.8. The number of carbonyl (C=O) groups excluding carboxylic acids is 3. The number of hydrogen-bond acceptors (Lipinski definition) is 6. The zero-order valence-electron chi connectivity index (χ0n) is 47.9. The number of unbranched alkanes of at least 4 members (excludes halogenated alkanes) is 36. The van der Waals surface area contributed by atoms with E-state index in [0.717, 1.165) is 89.9 Å². The van der Waals surface area contributed by atoms with Crippen molar-refractivity contribution in [2.24, 2.45) is 0 Å². The Morgan fingerprint density at radius 1 is 0.292 bits per heavy atom. The van der Waals surface area contributed by atoms with Crippen LogP contribution in [0.15, 0.2) is 60.8 Å². The average Bonchev–Trinajstić information content (AvgIpc) is 3.38. The van der Waals surface area contributed by atoms with E-state index in [2.05, 4.69) is 81.5 Å². The molecule has 0 aliphatic rings. The van der Waals surface area contributed by atoms with E-state index in [1.807, 2.05) is 0 Å². The molecule has 0 spiro atoms. The second-order valence-electron chi connectivity index (χ2n) is 21.0. The molecule has 0 aromatic carbocycles. The average molecular weight is 1010 g/mol. The Bertz CT molecular complexity index is 1290. The quantitative estimate of drug-likeness (QED) is 0.0261. The smallest absolute Gasteiger partial charge is 0.306 e. The SMILES string of the molecule is CC/C=C\C/C=C\C/C=C\C/C=C\C/C=C\CCCCCCCCCCCCCC(=O)OCC(COC(=O)CCCCCCCCCCCCCC)OC(=O)CCCCCCCCCCCCCCCCC. The Balaban J connectivity index is 4.23. The fourth-order valence-corrected chi connectivity index (χ4v) is 9.12. The highest BCUT2D eigenvalue weighted by Crippen LogP contribution is 2.17. The summed E-state index contributed by atoms with van der Waals surface area (Å²) in [5.41, 5.74) is 0. The number of esters is 3. The van der Waals surface area contributed by atoms with Crippen LogP contribution in [0.25, 0.3) is 0 Å². The number of allylic oxidation sites excluding steroid dienone is 10. The highest BCUT2D eigenvalue weighted by atomic mass is 16.6. The van der Waals surface area contributed by atoms with Crippen LogP contribution in [-0.4, -0.2) is 37.2 Å². The summed E-state index contributed by atoms with van der Waals surface area (Å²) >= 11 is 0. The molecule has 0 aromatic heterocycles. The lowest BCUT2D eigenvalue weighted by molar-refractivity contribution is -0.167. The minimum Gasteiger partial charge on any atom is -0.462 e. The molecule has 0 aromatic rings. The van der Waals surface area contributed by atoms with Crippen molar-refractivity contribution in [1.29, 1.82) is 0 Å². The van der Waals surface area contributed by atoms with Crippen molar-refractivity contribution in [2.75, 3.05) is 13.2 Å². The molecule has 0 fully saturated rings. The second-order valence-corrected chi connectivity index (χ2v) is 21.0. The van der Waals surface area contributed by atoms with Crippen molar-refractivity contribution < 1.29 is 28.6 Å². The van der Waals surface area contributed by atoms with Crippen LogP contribution in [0.4, 0.5) is 0 Å². The highest BCUT2D eigenvalue weighted by molar-refractivity contribution is 5.71. The van der Waals surface area contributed by atoms with Gasteiger partial charge in [0, 0.05) is 19.3 Å². The molecule has 72 heavy (non-hydrogen) atoms. The first-order chi connectivity index (χ1) is 35.5. The van der Waals surface area contributed by atoms with Crippen LogP contribution in [0.5, 0.6) is 0 Å². The molecule has 0 saturated carbocycles. The maximum atomic E-state index is 12.9. The summed E-state index contributed by atoms with van der Waals surface area (Å²) in [7, 11) is 0. The minimum absolute atomic E-state index is 0.0694. The molecule has 0 saturated heterocycles. The predicted octanol–water partition coefficient (Wildman–Crippen LogP) is 21.2. The van der Waals surface area contributed by atoms with E-state index in [-0.39, 0.29) is 31.1 Å². The summed E-state index contributed by atoms with van der Waals surface area (Å²) in [6.45, 7) is 6.56. The topological polar surface area (TPSA) is 78.9 Å². The number of ether oxygens (including phenoxy) is 3. The standard InChI is InChI=1S/C66H118O6/c1-4-7-10-13-16-19-22-25-27-28-29-30-31-32-33-34-35-36-37-38-40-41-44-47-50-53-56-59-65(68)71-62-63(61-70-64(67)58-55-52-49-46-43-24-21-18-15-12-9-6-3)72-66(69)60-57-54-51-48-45-42-39-26-23-20-17-14-11-8-5-2/h7,10,16,19,25,27,29-30,32-33,63H,4-6,8-9,11-15,17-18,20-24,26,28,31,34-62H2,1-3H3/b10-7-,19-16-,27-25-,30-29-,33-32-. The van der Waals surface area contributed by atoms with Crippen molar-refractivity contribution in [3.8, 4) is 0 Å². The van der Waals surface area contributed by atoms with Crippen LogP contribution in [0.1, 0.15) is 323 Å².